The smallest absolute Gasteiger partial charge is 0.164 e. The summed E-state index contributed by atoms with van der Waals surface area (Å²) < 4.78 is 0. The molecule has 0 N–H and O–H groups in total. The minimum Gasteiger partial charge on any atom is -0.263 e. The molecule has 6 heteroatoms. The van der Waals surface area contributed by atoms with Crippen LogP contribution < -0.4 is 0 Å². The van der Waals surface area contributed by atoms with Crippen molar-refractivity contribution in [3.63, 3.8) is 0 Å². The van der Waals surface area contributed by atoms with Gasteiger partial charge in [-0.15, -0.1) is 0 Å². The van der Waals surface area contributed by atoms with E-state index < -0.39 is 0 Å². The molecule has 298 valence electrons. The summed E-state index contributed by atoms with van der Waals surface area (Å²) in [6.07, 6.45) is 3.83. The molecular formula is C57H40N6. The molecule has 0 fully saturated rings. The maximum atomic E-state index is 5.36. The average Bonchev–Trinajstić information content (AvgIpc) is 3.36. The second kappa shape index (κ2) is 16.0. The van der Waals surface area contributed by atoms with Gasteiger partial charge in [-0.1, -0.05) is 178 Å². The lowest BCUT2D eigenvalue weighted by Gasteiger charge is -2.14. The van der Waals surface area contributed by atoms with Gasteiger partial charge < -0.3 is 0 Å². The number of fused-ring (bicyclic) bond motifs is 4. The summed E-state index contributed by atoms with van der Waals surface area (Å²) >= 11 is 0. The summed E-state index contributed by atoms with van der Waals surface area (Å²) in [6, 6.07) is 65.3. The zero-order valence-electron chi connectivity index (χ0n) is 34.8. The Morgan fingerprint density at radius 3 is 1.68 bits per heavy atom. The van der Waals surface area contributed by atoms with Gasteiger partial charge in [0.15, 0.2) is 17.5 Å². The molecule has 4 aromatic heterocycles. The predicted molar refractivity (Wildman–Crippen MR) is 258 cm³/mol. The summed E-state index contributed by atoms with van der Waals surface area (Å²) in [7, 11) is 0. The van der Waals surface area contributed by atoms with E-state index in [1.165, 1.54) is 0 Å². The first-order valence-electron chi connectivity index (χ1n) is 21.3. The van der Waals surface area contributed by atoms with Crippen LogP contribution in [0.5, 0.6) is 0 Å². The molecule has 0 bridgehead atoms. The standard InChI is InChI=1S/C57H40N6/c1-36(2)51-30-28-39-27-29-48-49(38-13-5-3-6-14-38)33-52(60-54(48)53(39)59-51)44-20-11-18-42(31-44)37-23-25-41(26-24-37)56-61-55(40-15-7-4-8-16-40)62-57(63-56)45-21-12-19-43(32-45)50-35-58-34-46-17-9-10-22-47(46)50/h3-36H,1-2H3. The quantitative estimate of drug-likeness (QED) is 0.142. The Morgan fingerprint density at radius 1 is 0.333 bits per heavy atom. The topological polar surface area (TPSA) is 77.3 Å². The van der Waals surface area contributed by atoms with Crippen LogP contribution >= 0.6 is 0 Å². The lowest BCUT2D eigenvalue weighted by Crippen LogP contribution is -2.00. The number of pyridine rings is 3. The molecule has 0 atom stereocenters. The molecule has 0 aliphatic rings. The summed E-state index contributed by atoms with van der Waals surface area (Å²) in [4.78, 5) is 30.2. The van der Waals surface area contributed by atoms with Crippen molar-refractivity contribution >= 4 is 32.6 Å². The molecule has 0 radical (unpaired) electrons. The zero-order chi connectivity index (χ0) is 42.3. The minimum atomic E-state index is 0.305. The van der Waals surface area contributed by atoms with Crippen molar-refractivity contribution in [1.29, 1.82) is 0 Å². The normalized spacial score (nSPS) is 11.5. The maximum Gasteiger partial charge on any atom is 0.164 e. The molecule has 4 heterocycles. The van der Waals surface area contributed by atoms with Crippen molar-refractivity contribution in [2.24, 2.45) is 0 Å². The Balaban J connectivity index is 0.978. The molecule has 0 amide bonds. The fourth-order valence-electron chi connectivity index (χ4n) is 8.41. The molecule has 0 saturated heterocycles. The van der Waals surface area contributed by atoms with E-state index in [0.29, 0.717) is 23.4 Å². The molecule has 11 rings (SSSR count). The third-order valence-electron chi connectivity index (χ3n) is 11.7. The first kappa shape index (κ1) is 37.8. The molecule has 0 spiro atoms. The largest absolute Gasteiger partial charge is 0.263 e. The first-order chi connectivity index (χ1) is 31.0. The Kier molecular flexibility index (Phi) is 9.59. The zero-order valence-corrected chi connectivity index (χ0v) is 34.8. The highest BCUT2D eigenvalue weighted by Crippen LogP contribution is 2.37. The van der Waals surface area contributed by atoms with Gasteiger partial charge in [-0.25, -0.2) is 19.9 Å². The molecule has 0 aliphatic carbocycles. The monoisotopic (exact) mass is 808 g/mol. The third kappa shape index (κ3) is 7.28. The van der Waals surface area contributed by atoms with E-state index in [4.69, 9.17) is 24.9 Å². The molecule has 0 aliphatic heterocycles. The van der Waals surface area contributed by atoms with Crippen LogP contribution in [0.3, 0.4) is 0 Å². The van der Waals surface area contributed by atoms with Gasteiger partial charge in [0, 0.05) is 62.1 Å². The lowest BCUT2D eigenvalue weighted by molar-refractivity contribution is 0.830. The van der Waals surface area contributed by atoms with Crippen LogP contribution in [0.25, 0.3) is 111 Å². The van der Waals surface area contributed by atoms with Crippen LogP contribution in [-0.4, -0.2) is 29.9 Å². The fraction of sp³-hybridized carbons (Fsp3) is 0.0526. The number of benzene rings is 7. The van der Waals surface area contributed by atoms with Crippen molar-refractivity contribution in [2.75, 3.05) is 0 Å². The van der Waals surface area contributed by atoms with E-state index in [2.05, 4.69) is 170 Å². The average molecular weight is 809 g/mol. The molecular weight excluding hydrogens is 769 g/mol. The Hall–Kier alpha value is -8.22. The minimum absolute atomic E-state index is 0.305. The van der Waals surface area contributed by atoms with Crippen molar-refractivity contribution in [3.8, 4) is 78.8 Å². The van der Waals surface area contributed by atoms with Crippen molar-refractivity contribution in [3.05, 3.63) is 206 Å². The van der Waals surface area contributed by atoms with E-state index in [-0.39, 0.29) is 0 Å². The highest BCUT2D eigenvalue weighted by Gasteiger charge is 2.17. The maximum absolute atomic E-state index is 5.36. The molecule has 0 unspecified atom stereocenters. The van der Waals surface area contributed by atoms with Gasteiger partial charge >= 0.3 is 0 Å². The number of hydrogen-bond donors (Lipinski definition) is 0. The van der Waals surface area contributed by atoms with Gasteiger partial charge in [-0.3, -0.25) is 9.97 Å². The second-order valence-corrected chi connectivity index (χ2v) is 16.2. The van der Waals surface area contributed by atoms with E-state index in [0.717, 1.165) is 99.6 Å². The molecule has 6 nitrogen and oxygen atoms in total. The van der Waals surface area contributed by atoms with E-state index >= 15 is 0 Å². The van der Waals surface area contributed by atoms with Gasteiger partial charge in [0.1, 0.15) is 0 Å². The van der Waals surface area contributed by atoms with Crippen molar-refractivity contribution in [1.82, 2.24) is 29.9 Å². The van der Waals surface area contributed by atoms with Gasteiger partial charge in [0.25, 0.3) is 0 Å². The van der Waals surface area contributed by atoms with Crippen LogP contribution in [0.4, 0.5) is 0 Å². The van der Waals surface area contributed by atoms with Gasteiger partial charge in [-0.2, -0.15) is 0 Å². The number of nitrogens with zero attached hydrogens (tertiary/aromatic N) is 6. The van der Waals surface area contributed by atoms with Crippen LogP contribution in [0.2, 0.25) is 0 Å². The third-order valence-corrected chi connectivity index (χ3v) is 11.7. The second-order valence-electron chi connectivity index (χ2n) is 16.2. The van der Waals surface area contributed by atoms with Crippen LogP contribution in [0, 0.1) is 0 Å². The van der Waals surface area contributed by atoms with Crippen LogP contribution in [0.1, 0.15) is 25.5 Å². The Bertz CT molecular complexity index is 3470. The summed E-state index contributed by atoms with van der Waals surface area (Å²) in [5.74, 6) is 2.13. The van der Waals surface area contributed by atoms with Gasteiger partial charge in [0.05, 0.1) is 16.7 Å². The Morgan fingerprint density at radius 2 is 0.921 bits per heavy atom. The van der Waals surface area contributed by atoms with Crippen LogP contribution in [0.15, 0.2) is 200 Å². The molecule has 0 saturated carbocycles. The SMILES string of the molecule is CC(C)c1ccc2ccc3c(-c4ccccc4)cc(-c4cccc(-c5ccc(-c6nc(-c7ccccc7)nc(-c7cccc(-c8cncc9ccccc89)c7)n6)cc5)c4)nc3c2n1. The van der Waals surface area contributed by atoms with Gasteiger partial charge in [0.2, 0.25) is 0 Å². The highest BCUT2D eigenvalue weighted by atomic mass is 15.0. The van der Waals surface area contributed by atoms with Crippen LogP contribution in [-0.2, 0) is 0 Å². The van der Waals surface area contributed by atoms with Gasteiger partial charge in [-0.05, 0) is 63.4 Å². The summed E-state index contributed by atoms with van der Waals surface area (Å²) in [6.45, 7) is 4.36. The Labute approximate surface area is 365 Å². The first-order valence-corrected chi connectivity index (χ1v) is 21.3. The molecule has 11 aromatic rings. The number of hydrogen-bond acceptors (Lipinski definition) is 6. The predicted octanol–water partition coefficient (Wildman–Crippen LogP) is 14.3. The number of rotatable bonds is 8. The van der Waals surface area contributed by atoms with E-state index in [1.54, 1.807) is 0 Å². The fourth-order valence-corrected chi connectivity index (χ4v) is 8.41. The summed E-state index contributed by atoms with van der Waals surface area (Å²) in [5.41, 5.74) is 14.1. The van der Waals surface area contributed by atoms with E-state index in [9.17, 15) is 0 Å². The number of aromatic nitrogens is 6. The lowest BCUT2D eigenvalue weighted by atomic mass is 9.95. The van der Waals surface area contributed by atoms with E-state index in [1.807, 2.05) is 48.8 Å². The van der Waals surface area contributed by atoms with Crippen molar-refractivity contribution in [2.45, 2.75) is 19.8 Å². The molecule has 63 heavy (non-hydrogen) atoms. The highest BCUT2D eigenvalue weighted by molar-refractivity contribution is 6.09. The molecule has 7 aromatic carbocycles. The van der Waals surface area contributed by atoms with Crippen molar-refractivity contribution < 1.29 is 0 Å². The summed E-state index contributed by atoms with van der Waals surface area (Å²) in [5, 5.41) is 4.41.